The van der Waals surface area contributed by atoms with Gasteiger partial charge >= 0.3 is 0 Å². The molecule has 1 saturated heterocycles. The highest BCUT2D eigenvalue weighted by atomic mass is 16.3. The molecule has 1 heterocycles. The molecule has 17 heavy (non-hydrogen) atoms. The predicted octanol–water partition coefficient (Wildman–Crippen LogP) is 2.91. The zero-order valence-electron chi connectivity index (χ0n) is 11.6. The van der Waals surface area contributed by atoms with Crippen LogP contribution in [-0.2, 0) is 0 Å². The molecule has 1 N–H and O–H groups in total. The van der Waals surface area contributed by atoms with Gasteiger partial charge in [-0.25, -0.2) is 0 Å². The van der Waals surface area contributed by atoms with Gasteiger partial charge in [0.1, 0.15) is 0 Å². The molecule has 0 amide bonds. The zero-order valence-corrected chi connectivity index (χ0v) is 11.6. The van der Waals surface area contributed by atoms with Crippen LogP contribution in [0.1, 0.15) is 52.4 Å². The maximum Gasteiger partial charge on any atom is 0.0695 e. The van der Waals surface area contributed by atoms with Gasteiger partial charge in [0, 0.05) is 19.6 Å². The molecule has 1 aliphatic carbocycles. The standard InChI is InChI=1S/C15H29NO/c1-12-8-13(2)10-16(9-12)11-15(17)14-6-4-3-5-7-14/h12-15,17H,3-11H2,1-2H3. The van der Waals surface area contributed by atoms with Crippen LogP contribution in [0.25, 0.3) is 0 Å². The second-order valence-corrected chi connectivity index (χ2v) is 6.63. The Labute approximate surface area is 106 Å². The first-order valence-electron chi connectivity index (χ1n) is 7.55. The highest BCUT2D eigenvalue weighted by molar-refractivity contribution is 4.80. The molecular weight excluding hydrogens is 210 g/mol. The molecule has 100 valence electrons. The molecule has 2 rings (SSSR count). The van der Waals surface area contributed by atoms with Crippen molar-refractivity contribution in [3.8, 4) is 0 Å². The van der Waals surface area contributed by atoms with Gasteiger partial charge in [0.2, 0.25) is 0 Å². The third kappa shape index (κ3) is 3.96. The van der Waals surface area contributed by atoms with Crippen LogP contribution in [0, 0.1) is 17.8 Å². The number of likely N-dealkylation sites (tertiary alicyclic amines) is 1. The predicted molar refractivity (Wildman–Crippen MR) is 72.0 cm³/mol. The minimum atomic E-state index is -0.0761. The maximum absolute atomic E-state index is 10.4. The van der Waals surface area contributed by atoms with E-state index in [1.54, 1.807) is 0 Å². The molecule has 2 aliphatic rings. The van der Waals surface area contributed by atoms with E-state index >= 15 is 0 Å². The molecule has 0 spiro atoms. The SMILES string of the molecule is CC1CC(C)CN(CC(O)C2CCCCC2)C1. The Morgan fingerprint density at radius 1 is 1.06 bits per heavy atom. The monoisotopic (exact) mass is 239 g/mol. The summed E-state index contributed by atoms with van der Waals surface area (Å²) in [5.74, 6) is 2.19. The summed E-state index contributed by atoms with van der Waals surface area (Å²) in [7, 11) is 0. The Morgan fingerprint density at radius 3 is 2.24 bits per heavy atom. The van der Waals surface area contributed by atoms with Gasteiger partial charge in [-0.15, -0.1) is 0 Å². The number of hydrogen-bond acceptors (Lipinski definition) is 2. The van der Waals surface area contributed by atoms with Gasteiger partial charge in [0.05, 0.1) is 6.10 Å². The third-order valence-corrected chi connectivity index (χ3v) is 4.58. The van der Waals surface area contributed by atoms with E-state index in [1.807, 2.05) is 0 Å². The summed E-state index contributed by atoms with van der Waals surface area (Å²) in [5, 5.41) is 10.4. The van der Waals surface area contributed by atoms with Gasteiger partial charge in [0.15, 0.2) is 0 Å². The quantitative estimate of drug-likeness (QED) is 0.818. The molecule has 0 radical (unpaired) electrons. The van der Waals surface area contributed by atoms with Crippen LogP contribution in [0.2, 0.25) is 0 Å². The van der Waals surface area contributed by atoms with Gasteiger partial charge in [-0.05, 0) is 37.0 Å². The lowest BCUT2D eigenvalue weighted by Gasteiger charge is -2.38. The maximum atomic E-state index is 10.4. The number of rotatable bonds is 3. The van der Waals surface area contributed by atoms with Crippen molar-refractivity contribution in [3.05, 3.63) is 0 Å². The van der Waals surface area contributed by atoms with Crippen LogP contribution in [0.3, 0.4) is 0 Å². The summed E-state index contributed by atoms with van der Waals surface area (Å²) in [6.07, 6.45) is 7.81. The Bertz CT molecular complexity index is 215. The first-order valence-corrected chi connectivity index (χ1v) is 7.55. The van der Waals surface area contributed by atoms with Crippen LogP contribution >= 0.6 is 0 Å². The minimum Gasteiger partial charge on any atom is -0.392 e. The minimum absolute atomic E-state index is 0.0761. The largest absolute Gasteiger partial charge is 0.392 e. The number of β-amino-alcohol motifs (C(OH)–C–C–N with tert-alkyl or cyclic N) is 1. The van der Waals surface area contributed by atoms with E-state index in [1.165, 1.54) is 51.6 Å². The van der Waals surface area contributed by atoms with E-state index in [9.17, 15) is 5.11 Å². The molecule has 0 aromatic heterocycles. The summed E-state index contributed by atoms with van der Waals surface area (Å²) in [6.45, 7) is 7.98. The first kappa shape index (κ1) is 13.4. The summed E-state index contributed by atoms with van der Waals surface area (Å²) < 4.78 is 0. The van der Waals surface area contributed by atoms with Gasteiger partial charge < -0.3 is 10.0 Å². The smallest absolute Gasteiger partial charge is 0.0695 e. The molecule has 0 aromatic carbocycles. The van der Waals surface area contributed by atoms with Crippen LogP contribution < -0.4 is 0 Å². The molecule has 3 atom stereocenters. The fraction of sp³-hybridized carbons (Fsp3) is 1.00. The van der Waals surface area contributed by atoms with Crippen molar-refractivity contribution in [2.24, 2.45) is 17.8 Å². The molecule has 0 bridgehead atoms. The highest BCUT2D eigenvalue weighted by Gasteiger charge is 2.27. The molecule has 1 saturated carbocycles. The second kappa shape index (κ2) is 6.19. The van der Waals surface area contributed by atoms with Crippen molar-refractivity contribution in [3.63, 3.8) is 0 Å². The molecule has 0 aromatic rings. The van der Waals surface area contributed by atoms with Crippen LogP contribution in [-0.4, -0.2) is 35.7 Å². The van der Waals surface area contributed by atoms with Crippen molar-refractivity contribution >= 4 is 0 Å². The van der Waals surface area contributed by atoms with Crippen molar-refractivity contribution in [2.75, 3.05) is 19.6 Å². The third-order valence-electron chi connectivity index (χ3n) is 4.58. The number of aliphatic hydroxyl groups excluding tert-OH is 1. The van der Waals surface area contributed by atoms with Gasteiger partial charge in [-0.3, -0.25) is 0 Å². The molecular formula is C15H29NO. The van der Waals surface area contributed by atoms with E-state index in [2.05, 4.69) is 18.7 Å². The van der Waals surface area contributed by atoms with E-state index in [4.69, 9.17) is 0 Å². The average molecular weight is 239 g/mol. The van der Waals surface area contributed by atoms with Crippen molar-refractivity contribution in [2.45, 2.75) is 58.5 Å². The van der Waals surface area contributed by atoms with Gasteiger partial charge in [-0.1, -0.05) is 33.1 Å². The summed E-state index contributed by atoms with van der Waals surface area (Å²) in [5.41, 5.74) is 0. The Hall–Kier alpha value is -0.0800. The van der Waals surface area contributed by atoms with E-state index < -0.39 is 0 Å². The van der Waals surface area contributed by atoms with Gasteiger partial charge in [-0.2, -0.15) is 0 Å². The summed E-state index contributed by atoms with van der Waals surface area (Å²) in [6, 6.07) is 0. The fourth-order valence-electron chi connectivity index (χ4n) is 3.87. The van der Waals surface area contributed by atoms with Crippen molar-refractivity contribution in [1.82, 2.24) is 4.90 Å². The molecule has 1 aliphatic heterocycles. The molecule has 2 nitrogen and oxygen atoms in total. The van der Waals surface area contributed by atoms with Gasteiger partial charge in [0.25, 0.3) is 0 Å². The molecule has 2 heteroatoms. The lowest BCUT2D eigenvalue weighted by atomic mass is 9.84. The van der Waals surface area contributed by atoms with Crippen LogP contribution in [0.4, 0.5) is 0 Å². The first-order chi connectivity index (χ1) is 8.15. The molecule has 2 fully saturated rings. The Balaban J connectivity index is 1.78. The second-order valence-electron chi connectivity index (χ2n) is 6.63. The Morgan fingerprint density at radius 2 is 1.65 bits per heavy atom. The van der Waals surface area contributed by atoms with Crippen molar-refractivity contribution < 1.29 is 5.11 Å². The number of hydrogen-bond donors (Lipinski definition) is 1. The number of piperidine rings is 1. The van der Waals surface area contributed by atoms with E-state index in [-0.39, 0.29) is 6.10 Å². The Kier molecular flexibility index (Phi) is 4.87. The van der Waals surface area contributed by atoms with E-state index in [0.717, 1.165) is 18.4 Å². The van der Waals surface area contributed by atoms with Crippen molar-refractivity contribution in [1.29, 1.82) is 0 Å². The summed E-state index contributed by atoms with van der Waals surface area (Å²) in [4.78, 5) is 2.50. The fourth-order valence-corrected chi connectivity index (χ4v) is 3.87. The normalized spacial score (nSPS) is 34.8. The lowest BCUT2D eigenvalue weighted by molar-refractivity contribution is 0.0261. The van der Waals surface area contributed by atoms with E-state index in [0.29, 0.717) is 5.92 Å². The molecule has 3 unspecified atom stereocenters. The number of aliphatic hydroxyl groups is 1. The average Bonchev–Trinajstić information content (AvgIpc) is 2.28. The topological polar surface area (TPSA) is 23.5 Å². The lowest BCUT2D eigenvalue weighted by Crippen LogP contribution is -2.44. The number of nitrogens with zero attached hydrogens (tertiary/aromatic N) is 1. The summed E-state index contributed by atoms with van der Waals surface area (Å²) >= 11 is 0. The van der Waals surface area contributed by atoms with Crippen LogP contribution in [0.15, 0.2) is 0 Å². The highest BCUT2D eigenvalue weighted by Crippen LogP contribution is 2.28. The zero-order chi connectivity index (χ0) is 12.3. The van der Waals surface area contributed by atoms with Crippen LogP contribution in [0.5, 0.6) is 0 Å².